The van der Waals surface area contributed by atoms with Crippen molar-refractivity contribution in [3.8, 4) is 0 Å². The molecule has 0 amide bonds. The number of piperazine rings is 1. The van der Waals surface area contributed by atoms with Gasteiger partial charge in [-0.15, -0.1) is 0 Å². The fourth-order valence-corrected chi connectivity index (χ4v) is 3.70. The Labute approximate surface area is 123 Å². The normalized spacial score (nSPS) is 27.3. The first kappa shape index (κ1) is 13.9. The Morgan fingerprint density at radius 2 is 2.10 bits per heavy atom. The number of benzene rings is 1. The lowest BCUT2D eigenvalue weighted by molar-refractivity contribution is 0.0863. The van der Waals surface area contributed by atoms with Gasteiger partial charge in [0.15, 0.2) is 0 Å². The first-order chi connectivity index (χ1) is 9.78. The van der Waals surface area contributed by atoms with Crippen molar-refractivity contribution in [2.75, 3.05) is 44.6 Å². The molecule has 2 unspecified atom stereocenters. The SMILES string of the molecule is CCN1CCN(CCC2CNc3ccccc32)CC1C. The highest BCUT2D eigenvalue weighted by Gasteiger charge is 2.25. The molecule has 0 bridgehead atoms. The van der Waals surface area contributed by atoms with Crippen LogP contribution in [0.3, 0.4) is 0 Å². The van der Waals surface area contributed by atoms with Crippen LogP contribution in [0.5, 0.6) is 0 Å². The highest BCUT2D eigenvalue weighted by atomic mass is 15.3. The number of para-hydroxylation sites is 1. The molecule has 0 aromatic heterocycles. The maximum Gasteiger partial charge on any atom is 0.0376 e. The van der Waals surface area contributed by atoms with Crippen molar-refractivity contribution in [2.45, 2.75) is 32.2 Å². The molecule has 1 saturated heterocycles. The maximum atomic E-state index is 3.54. The van der Waals surface area contributed by atoms with Crippen LogP contribution in [0.2, 0.25) is 0 Å². The van der Waals surface area contributed by atoms with E-state index in [0.717, 1.165) is 6.54 Å². The van der Waals surface area contributed by atoms with Gasteiger partial charge in [0.2, 0.25) is 0 Å². The van der Waals surface area contributed by atoms with Crippen LogP contribution in [0.15, 0.2) is 24.3 Å². The van der Waals surface area contributed by atoms with Crippen LogP contribution in [0, 0.1) is 0 Å². The summed E-state index contributed by atoms with van der Waals surface area (Å²) >= 11 is 0. The topological polar surface area (TPSA) is 18.5 Å². The van der Waals surface area contributed by atoms with Gasteiger partial charge in [-0.3, -0.25) is 4.90 Å². The molecule has 3 rings (SSSR count). The third-order valence-corrected chi connectivity index (χ3v) is 4.99. The average molecular weight is 273 g/mol. The van der Waals surface area contributed by atoms with Gasteiger partial charge in [0.25, 0.3) is 0 Å². The summed E-state index contributed by atoms with van der Waals surface area (Å²) in [4.78, 5) is 5.24. The molecule has 0 radical (unpaired) electrons. The smallest absolute Gasteiger partial charge is 0.0376 e. The molecule has 1 N–H and O–H groups in total. The first-order valence-corrected chi connectivity index (χ1v) is 8.07. The van der Waals surface area contributed by atoms with Gasteiger partial charge < -0.3 is 10.2 Å². The number of nitrogens with one attached hydrogen (secondary N) is 1. The van der Waals surface area contributed by atoms with Crippen LogP contribution < -0.4 is 5.32 Å². The van der Waals surface area contributed by atoms with E-state index in [4.69, 9.17) is 0 Å². The Morgan fingerprint density at radius 1 is 1.25 bits per heavy atom. The number of rotatable bonds is 4. The van der Waals surface area contributed by atoms with Gasteiger partial charge in [0.05, 0.1) is 0 Å². The minimum Gasteiger partial charge on any atom is -0.384 e. The summed E-state index contributed by atoms with van der Waals surface area (Å²) < 4.78 is 0. The van der Waals surface area contributed by atoms with E-state index in [1.807, 2.05) is 0 Å². The fraction of sp³-hybridized carbons (Fsp3) is 0.647. The molecule has 2 aliphatic rings. The number of hydrogen-bond acceptors (Lipinski definition) is 3. The van der Waals surface area contributed by atoms with Crippen LogP contribution >= 0.6 is 0 Å². The van der Waals surface area contributed by atoms with E-state index in [1.54, 1.807) is 0 Å². The summed E-state index contributed by atoms with van der Waals surface area (Å²) in [7, 11) is 0. The molecule has 0 spiro atoms. The fourth-order valence-electron chi connectivity index (χ4n) is 3.70. The third kappa shape index (κ3) is 2.84. The molecule has 1 fully saturated rings. The summed E-state index contributed by atoms with van der Waals surface area (Å²) in [5.74, 6) is 0.700. The molecule has 20 heavy (non-hydrogen) atoms. The van der Waals surface area contributed by atoms with Crippen molar-refractivity contribution < 1.29 is 0 Å². The lowest BCUT2D eigenvalue weighted by Crippen LogP contribution is -2.51. The van der Waals surface area contributed by atoms with Crippen molar-refractivity contribution in [2.24, 2.45) is 0 Å². The van der Waals surface area contributed by atoms with E-state index in [2.05, 4.69) is 53.2 Å². The standard InChI is InChI=1S/C17H27N3/c1-3-20-11-10-19(13-14(20)2)9-8-15-12-18-17-7-5-4-6-16(15)17/h4-7,14-15,18H,3,8-13H2,1-2H3. The van der Waals surface area contributed by atoms with Gasteiger partial charge in [-0.1, -0.05) is 25.1 Å². The predicted octanol–water partition coefficient (Wildman–Crippen LogP) is 2.61. The molecule has 1 aromatic carbocycles. The number of hydrogen-bond donors (Lipinski definition) is 1. The average Bonchev–Trinajstić information content (AvgIpc) is 2.88. The monoisotopic (exact) mass is 273 g/mol. The van der Waals surface area contributed by atoms with Crippen molar-refractivity contribution in [3.05, 3.63) is 29.8 Å². The first-order valence-electron chi connectivity index (χ1n) is 8.07. The van der Waals surface area contributed by atoms with E-state index >= 15 is 0 Å². The van der Waals surface area contributed by atoms with Crippen molar-refractivity contribution in [3.63, 3.8) is 0 Å². The number of fused-ring (bicyclic) bond motifs is 1. The third-order valence-electron chi connectivity index (χ3n) is 4.99. The molecule has 2 atom stereocenters. The van der Waals surface area contributed by atoms with Crippen molar-refractivity contribution >= 4 is 5.69 Å². The highest BCUT2D eigenvalue weighted by Crippen LogP contribution is 2.33. The van der Waals surface area contributed by atoms with Gasteiger partial charge in [-0.25, -0.2) is 0 Å². The van der Waals surface area contributed by atoms with Gasteiger partial charge in [0, 0.05) is 43.8 Å². The number of likely N-dealkylation sites (N-methyl/N-ethyl adjacent to an activating group) is 1. The summed E-state index contributed by atoms with van der Waals surface area (Å²) in [5.41, 5.74) is 2.87. The minimum atomic E-state index is 0.700. The molecule has 3 nitrogen and oxygen atoms in total. The second-order valence-electron chi connectivity index (χ2n) is 6.23. The van der Waals surface area contributed by atoms with E-state index < -0.39 is 0 Å². The molecule has 0 saturated carbocycles. The summed E-state index contributed by atoms with van der Waals surface area (Å²) in [6, 6.07) is 9.50. The van der Waals surface area contributed by atoms with E-state index in [9.17, 15) is 0 Å². The van der Waals surface area contributed by atoms with E-state index in [0.29, 0.717) is 12.0 Å². The largest absolute Gasteiger partial charge is 0.384 e. The molecule has 2 heterocycles. The summed E-state index contributed by atoms with van der Waals surface area (Å²) in [6.45, 7) is 11.9. The van der Waals surface area contributed by atoms with Gasteiger partial charge in [0.1, 0.15) is 0 Å². The van der Waals surface area contributed by atoms with Gasteiger partial charge in [-0.05, 0) is 38.1 Å². The Balaban J connectivity index is 1.51. The summed E-state index contributed by atoms with van der Waals surface area (Å²) in [6.07, 6.45) is 1.28. The molecule has 1 aromatic rings. The number of nitrogens with zero attached hydrogens (tertiary/aromatic N) is 2. The number of anilines is 1. The lowest BCUT2D eigenvalue weighted by atomic mass is 9.97. The Kier molecular flexibility index (Phi) is 4.27. The zero-order chi connectivity index (χ0) is 13.9. The van der Waals surface area contributed by atoms with Gasteiger partial charge in [-0.2, -0.15) is 0 Å². The molecule has 3 heteroatoms. The second kappa shape index (κ2) is 6.15. The van der Waals surface area contributed by atoms with Gasteiger partial charge >= 0.3 is 0 Å². The van der Waals surface area contributed by atoms with Crippen LogP contribution in [0.4, 0.5) is 5.69 Å². The quantitative estimate of drug-likeness (QED) is 0.910. The minimum absolute atomic E-state index is 0.700. The molecule has 110 valence electrons. The molecule has 0 aliphatic carbocycles. The van der Waals surface area contributed by atoms with E-state index in [-0.39, 0.29) is 0 Å². The van der Waals surface area contributed by atoms with Crippen LogP contribution in [-0.2, 0) is 0 Å². The maximum absolute atomic E-state index is 3.54. The zero-order valence-corrected chi connectivity index (χ0v) is 12.8. The zero-order valence-electron chi connectivity index (χ0n) is 12.8. The second-order valence-corrected chi connectivity index (χ2v) is 6.23. The Hall–Kier alpha value is -1.06. The van der Waals surface area contributed by atoms with E-state index in [1.165, 1.54) is 50.4 Å². The Morgan fingerprint density at radius 3 is 2.90 bits per heavy atom. The lowest BCUT2D eigenvalue weighted by Gasteiger charge is -2.39. The van der Waals surface area contributed by atoms with Crippen LogP contribution in [-0.4, -0.2) is 55.1 Å². The van der Waals surface area contributed by atoms with Crippen LogP contribution in [0.1, 0.15) is 31.7 Å². The van der Waals surface area contributed by atoms with Crippen molar-refractivity contribution in [1.29, 1.82) is 0 Å². The predicted molar refractivity (Wildman–Crippen MR) is 85.4 cm³/mol. The van der Waals surface area contributed by atoms with Crippen LogP contribution in [0.25, 0.3) is 0 Å². The summed E-state index contributed by atoms with van der Waals surface area (Å²) in [5, 5.41) is 3.54. The molecular formula is C17H27N3. The molecular weight excluding hydrogens is 246 g/mol. The highest BCUT2D eigenvalue weighted by molar-refractivity contribution is 5.57. The van der Waals surface area contributed by atoms with Crippen molar-refractivity contribution in [1.82, 2.24) is 9.80 Å². The molecule has 2 aliphatic heterocycles. The Bertz CT molecular complexity index is 446.